The van der Waals surface area contributed by atoms with Crippen molar-refractivity contribution in [2.45, 2.75) is 39.5 Å². The number of nitrogens with zero attached hydrogens (tertiary/aromatic N) is 2. The first-order valence-corrected chi connectivity index (χ1v) is 10.9. The van der Waals surface area contributed by atoms with E-state index in [2.05, 4.69) is 4.98 Å². The summed E-state index contributed by atoms with van der Waals surface area (Å²) in [6.07, 6.45) is -4.38. The fourth-order valence-corrected chi connectivity index (χ4v) is 3.62. The van der Waals surface area contributed by atoms with E-state index in [1.807, 2.05) is 0 Å². The Balaban J connectivity index is 2.40. The molecular formula is C19H18ClF3N2O7P+. The highest BCUT2D eigenvalue weighted by Gasteiger charge is 2.37. The van der Waals surface area contributed by atoms with Crippen molar-refractivity contribution in [1.82, 2.24) is 4.98 Å². The van der Waals surface area contributed by atoms with Crippen molar-refractivity contribution < 1.29 is 41.5 Å². The molecule has 14 heteroatoms. The highest BCUT2D eigenvalue weighted by molar-refractivity contribution is 7.48. The molecule has 1 aromatic heterocycles. The Morgan fingerprint density at radius 3 is 2.48 bits per heavy atom. The molecule has 1 atom stereocenters. The van der Waals surface area contributed by atoms with E-state index in [-0.39, 0.29) is 17.7 Å². The number of benzene rings is 1. The first-order valence-electron chi connectivity index (χ1n) is 9.35. The Labute approximate surface area is 191 Å². The normalized spacial score (nSPS) is 11.9. The second-order valence-electron chi connectivity index (χ2n) is 6.74. The van der Waals surface area contributed by atoms with Crippen LogP contribution in [0.2, 0.25) is 5.02 Å². The third-order valence-electron chi connectivity index (χ3n) is 3.94. The van der Waals surface area contributed by atoms with Crippen LogP contribution in [0, 0.1) is 10.1 Å². The fourth-order valence-electron chi connectivity index (χ4n) is 2.50. The Morgan fingerprint density at radius 1 is 1.30 bits per heavy atom. The van der Waals surface area contributed by atoms with E-state index in [9.17, 15) is 32.6 Å². The molecule has 2 aromatic rings. The molecule has 0 N–H and O–H groups in total. The molecule has 9 nitrogen and oxygen atoms in total. The first-order chi connectivity index (χ1) is 15.3. The summed E-state index contributed by atoms with van der Waals surface area (Å²) in [5.74, 6) is -1.29. The minimum Gasteiger partial charge on any atom is -0.461 e. The second kappa shape index (κ2) is 10.9. The number of nitro benzene ring substituents is 1. The van der Waals surface area contributed by atoms with Crippen molar-refractivity contribution in [1.29, 1.82) is 0 Å². The lowest BCUT2D eigenvalue weighted by Crippen LogP contribution is -2.17. The van der Waals surface area contributed by atoms with E-state index in [4.69, 9.17) is 25.6 Å². The number of pyridine rings is 1. The van der Waals surface area contributed by atoms with Crippen LogP contribution < -0.4 is 10.0 Å². The monoisotopic (exact) mass is 509 g/mol. The average molecular weight is 510 g/mol. The number of rotatable bonds is 9. The number of carbonyl (C=O) groups is 1. The predicted molar refractivity (Wildman–Crippen MR) is 111 cm³/mol. The van der Waals surface area contributed by atoms with Crippen LogP contribution in [-0.2, 0) is 31.2 Å². The van der Waals surface area contributed by atoms with Crippen LogP contribution >= 0.6 is 19.6 Å². The van der Waals surface area contributed by atoms with E-state index in [1.54, 1.807) is 20.8 Å². The molecule has 0 amide bonds. The molecule has 0 saturated heterocycles. The van der Waals surface area contributed by atoms with E-state index < -0.39 is 65.3 Å². The molecule has 0 bridgehead atoms. The fraction of sp³-hybridized carbons (Fsp3) is 0.368. The van der Waals surface area contributed by atoms with Crippen molar-refractivity contribution in [3.63, 3.8) is 0 Å². The molecule has 33 heavy (non-hydrogen) atoms. The van der Waals surface area contributed by atoms with Crippen molar-refractivity contribution in [2.24, 2.45) is 0 Å². The number of nitro groups is 1. The molecule has 0 fully saturated rings. The Hall–Kier alpha value is -2.82. The van der Waals surface area contributed by atoms with Gasteiger partial charge in [-0.2, -0.15) is 13.2 Å². The highest BCUT2D eigenvalue weighted by atomic mass is 35.5. The third-order valence-corrected chi connectivity index (χ3v) is 5.33. The quantitative estimate of drug-likeness (QED) is 0.192. The van der Waals surface area contributed by atoms with E-state index >= 15 is 0 Å². The van der Waals surface area contributed by atoms with Gasteiger partial charge in [-0.15, -0.1) is 4.52 Å². The molecule has 0 spiro atoms. The maximum atomic E-state index is 12.8. The summed E-state index contributed by atoms with van der Waals surface area (Å²) in [5.41, 5.74) is -1.38. The van der Waals surface area contributed by atoms with Crippen LogP contribution in [-0.4, -0.2) is 28.6 Å². The number of hydrogen-bond acceptors (Lipinski definition) is 8. The van der Waals surface area contributed by atoms with Crippen LogP contribution in [0.3, 0.4) is 0 Å². The second-order valence-corrected chi connectivity index (χ2v) is 8.40. The van der Waals surface area contributed by atoms with Crippen molar-refractivity contribution in [3.05, 3.63) is 50.7 Å². The predicted octanol–water partition coefficient (Wildman–Crippen LogP) is 5.35. The standard InChI is InChI=1S/C19H18ClF3N2O7P/c1-4-11-5-14(25(27)28)16(33(29)30-9-17(26)31-10(2)3)7-15(11)32-18-13(20)6-12(8-24-18)19(21,22)23/h5-8,10H,4,9H2,1-3H3/q+1. The van der Waals surface area contributed by atoms with E-state index in [0.29, 0.717) is 12.3 Å². The number of esters is 1. The van der Waals surface area contributed by atoms with Crippen molar-refractivity contribution in [3.8, 4) is 11.6 Å². The van der Waals surface area contributed by atoms with Crippen LogP contribution in [0.4, 0.5) is 18.9 Å². The van der Waals surface area contributed by atoms with Gasteiger partial charge in [-0.3, -0.25) is 10.1 Å². The molecule has 0 aliphatic carbocycles. The van der Waals surface area contributed by atoms with Crippen molar-refractivity contribution in [2.75, 3.05) is 6.61 Å². The topological polar surface area (TPSA) is 118 Å². The number of aryl methyl sites for hydroxylation is 1. The molecule has 1 heterocycles. The Kier molecular flexibility index (Phi) is 8.70. The van der Waals surface area contributed by atoms with Gasteiger partial charge in [0.1, 0.15) is 10.8 Å². The Morgan fingerprint density at radius 2 is 1.97 bits per heavy atom. The van der Waals surface area contributed by atoms with Gasteiger partial charge in [0.05, 0.1) is 16.6 Å². The lowest BCUT2D eigenvalue weighted by atomic mass is 10.1. The van der Waals surface area contributed by atoms with Gasteiger partial charge in [0.2, 0.25) is 12.5 Å². The largest absolute Gasteiger partial charge is 0.556 e. The Bertz CT molecular complexity index is 1080. The highest BCUT2D eigenvalue weighted by Crippen LogP contribution is 2.38. The van der Waals surface area contributed by atoms with Crippen LogP contribution in [0.5, 0.6) is 11.6 Å². The van der Waals surface area contributed by atoms with Crippen LogP contribution in [0.1, 0.15) is 31.9 Å². The first kappa shape index (κ1) is 26.4. The SMILES string of the molecule is CCc1cc([N+](=O)[O-])c([P+](=O)OCC(=O)OC(C)C)cc1Oc1ncc(C(F)(F)F)cc1Cl. The van der Waals surface area contributed by atoms with Gasteiger partial charge in [0, 0.05) is 23.9 Å². The molecule has 0 aliphatic heterocycles. The number of halogens is 4. The molecule has 2 rings (SSSR count). The summed E-state index contributed by atoms with van der Waals surface area (Å²) in [4.78, 5) is 25.9. The molecule has 1 aromatic carbocycles. The molecule has 0 aliphatic rings. The van der Waals surface area contributed by atoms with Gasteiger partial charge >= 0.3 is 31.2 Å². The summed E-state index contributed by atoms with van der Waals surface area (Å²) < 4.78 is 66.3. The zero-order valence-electron chi connectivity index (χ0n) is 17.5. The van der Waals surface area contributed by atoms with Gasteiger partial charge < -0.3 is 9.47 Å². The van der Waals surface area contributed by atoms with Gasteiger partial charge in [-0.05, 0) is 30.9 Å². The number of aromatic nitrogens is 1. The number of hydrogen-bond donors (Lipinski definition) is 0. The van der Waals surface area contributed by atoms with E-state index in [0.717, 1.165) is 12.1 Å². The summed E-state index contributed by atoms with van der Waals surface area (Å²) in [7, 11) is -2.90. The number of alkyl halides is 3. The lowest BCUT2D eigenvalue weighted by Gasteiger charge is -2.12. The van der Waals surface area contributed by atoms with Gasteiger partial charge in [0.25, 0.3) is 0 Å². The molecular weight excluding hydrogens is 492 g/mol. The summed E-state index contributed by atoms with van der Waals surface area (Å²) in [6.45, 7) is 4.11. The smallest absolute Gasteiger partial charge is 0.461 e. The molecule has 1 unspecified atom stereocenters. The van der Waals surface area contributed by atoms with Gasteiger partial charge in [0.15, 0.2) is 0 Å². The molecule has 0 saturated carbocycles. The number of ether oxygens (including phenoxy) is 2. The van der Waals surface area contributed by atoms with E-state index in [1.165, 1.54) is 0 Å². The number of carbonyl (C=O) groups excluding carboxylic acids is 1. The zero-order chi connectivity index (χ0) is 24.9. The van der Waals surface area contributed by atoms with Gasteiger partial charge in [-0.1, -0.05) is 18.5 Å². The van der Waals surface area contributed by atoms with Gasteiger partial charge in [-0.25, -0.2) is 9.78 Å². The molecule has 0 radical (unpaired) electrons. The van der Waals surface area contributed by atoms with Crippen LogP contribution in [0.25, 0.3) is 0 Å². The molecule has 178 valence electrons. The minimum absolute atomic E-state index is 0.0797. The maximum absolute atomic E-state index is 12.8. The lowest BCUT2D eigenvalue weighted by molar-refractivity contribution is -0.383. The maximum Gasteiger partial charge on any atom is 0.556 e. The minimum atomic E-state index is -4.67. The average Bonchev–Trinajstić information content (AvgIpc) is 2.71. The summed E-state index contributed by atoms with van der Waals surface area (Å²) >= 11 is 5.86. The zero-order valence-corrected chi connectivity index (χ0v) is 19.2. The van der Waals surface area contributed by atoms with Crippen molar-refractivity contribution >= 4 is 36.6 Å². The summed E-state index contributed by atoms with van der Waals surface area (Å²) in [5, 5.41) is 10.6. The summed E-state index contributed by atoms with van der Waals surface area (Å²) in [6, 6.07) is 2.75. The third kappa shape index (κ3) is 7.08. The van der Waals surface area contributed by atoms with Crippen LogP contribution in [0.15, 0.2) is 24.4 Å².